The maximum absolute atomic E-state index is 12.7. The topological polar surface area (TPSA) is 95.2 Å². The SMILES string of the molecule is COc1cc(N2CCNCC2)ccc1Nc1nc(Cc2c(Cl)cccc2Cl)cc2cn[nH]c(=O)c12. The fraction of sp³-hybridized carbons (Fsp3) is 0.240. The van der Waals surface area contributed by atoms with Crippen molar-refractivity contribution in [3.05, 3.63) is 80.3 Å². The minimum absolute atomic E-state index is 0.337. The minimum atomic E-state index is -0.337. The average Bonchev–Trinajstić information content (AvgIpc) is 2.87. The van der Waals surface area contributed by atoms with Crippen LogP contribution >= 0.6 is 23.2 Å². The maximum atomic E-state index is 12.7. The molecule has 0 spiro atoms. The van der Waals surface area contributed by atoms with Gasteiger partial charge in [-0.1, -0.05) is 29.3 Å². The summed E-state index contributed by atoms with van der Waals surface area (Å²) in [5, 5.41) is 15.3. The van der Waals surface area contributed by atoms with Gasteiger partial charge in [0.25, 0.3) is 5.56 Å². The van der Waals surface area contributed by atoms with Crippen molar-refractivity contribution in [3.8, 4) is 5.75 Å². The Morgan fingerprint density at radius 1 is 1.11 bits per heavy atom. The molecule has 1 aliphatic rings. The summed E-state index contributed by atoms with van der Waals surface area (Å²) >= 11 is 12.8. The molecule has 2 aromatic carbocycles. The first-order chi connectivity index (χ1) is 17.0. The lowest BCUT2D eigenvalue weighted by Crippen LogP contribution is -2.43. The van der Waals surface area contributed by atoms with Crippen molar-refractivity contribution in [1.29, 1.82) is 0 Å². The van der Waals surface area contributed by atoms with Gasteiger partial charge in [-0.15, -0.1) is 0 Å². The number of aromatic amines is 1. The molecule has 0 bridgehead atoms. The Morgan fingerprint density at radius 3 is 2.63 bits per heavy atom. The standard InChI is InChI=1S/C25H24Cl2N6O2/c1-35-22-13-17(33-9-7-28-8-10-33)5-6-21(22)31-24-23-15(14-29-32-25(23)34)11-16(30-24)12-18-19(26)3-2-4-20(18)27/h2-6,11,13-14,28H,7-10,12H2,1H3,(H,30,31)(H,32,34). The second-order valence-corrected chi connectivity index (χ2v) is 9.06. The number of benzene rings is 2. The van der Waals surface area contributed by atoms with Crippen LogP contribution in [0.4, 0.5) is 17.2 Å². The molecule has 10 heteroatoms. The lowest BCUT2D eigenvalue weighted by molar-refractivity contribution is 0.416. The predicted octanol–water partition coefficient (Wildman–Crippen LogP) is 4.38. The van der Waals surface area contributed by atoms with Gasteiger partial charge in [-0.05, 0) is 35.9 Å². The largest absolute Gasteiger partial charge is 0.494 e. The second-order valence-electron chi connectivity index (χ2n) is 8.25. The molecule has 0 saturated carbocycles. The van der Waals surface area contributed by atoms with E-state index in [9.17, 15) is 4.79 Å². The number of aromatic nitrogens is 3. The Labute approximate surface area is 212 Å². The van der Waals surface area contributed by atoms with Crippen LogP contribution in [0.3, 0.4) is 0 Å². The van der Waals surface area contributed by atoms with Gasteiger partial charge in [-0.3, -0.25) is 4.79 Å². The molecule has 0 amide bonds. The zero-order valence-electron chi connectivity index (χ0n) is 19.1. The van der Waals surface area contributed by atoms with Gasteiger partial charge in [-0.25, -0.2) is 10.1 Å². The Morgan fingerprint density at radius 2 is 1.89 bits per heavy atom. The van der Waals surface area contributed by atoms with E-state index in [-0.39, 0.29) is 5.56 Å². The molecule has 1 aliphatic heterocycles. The normalized spacial score (nSPS) is 13.7. The summed E-state index contributed by atoms with van der Waals surface area (Å²) in [5.74, 6) is 1.05. The van der Waals surface area contributed by atoms with E-state index in [1.54, 1.807) is 31.5 Å². The van der Waals surface area contributed by atoms with Gasteiger partial charge in [0.1, 0.15) is 11.6 Å². The lowest BCUT2D eigenvalue weighted by atomic mass is 10.1. The molecule has 0 radical (unpaired) electrons. The Balaban J connectivity index is 1.55. The van der Waals surface area contributed by atoms with Crippen LogP contribution in [-0.2, 0) is 6.42 Å². The maximum Gasteiger partial charge on any atom is 0.275 e. The fourth-order valence-electron chi connectivity index (χ4n) is 4.27. The van der Waals surface area contributed by atoms with Gasteiger partial charge in [0, 0.05) is 65.5 Å². The molecule has 4 aromatic rings. The van der Waals surface area contributed by atoms with E-state index in [0.29, 0.717) is 50.2 Å². The highest BCUT2D eigenvalue weighted by Gasteiger charge is 2.17. The minimum Gasteiger partial charge on any atom is -0.494 e. The molecular formula is C25H24Cl2N6O2. The summed E-state index contributed by atoms with van der Waals surface area (Å²) < 4.78 is 5.68. The third-order valence-corrected chi connectivity index (χ3v) is 6.75. The number of nitrogens with one attached hydrogen (secondary N) is 3. The van der Waals surface area contributed by atoms with Crippen molar-refractivity contribution in [2.24, 2.45) is 0 Å². The highest BCUT2D eigenvalue weighted by Crippen LogP contribution is 2.34. The summed E-state index contributed by atoms with van der Waals surface area (Å²) in [4.78, 5) is 19.8. The Bertz CT molecular complexity index is 1420. The highest BCUT2D eigenvalue weighted by molar-refractivity contribution is 6.36. The van der Waals surface area contributed by atoms with Gasteiger partial charge in [-0.2, -0.15) is 5.10 Å². The number of fused-ring (bicyclic) bond motifs is 1. The van der Waals surface area contributed by atoms with Crippen molar-refractivity contribution >= 4 is 51.2 Å². The molecule has 35 heavy (non-hydrogen) atoms. The third kappa shape index (κ3) is 4.91. The molecule has 0 atom stereocenters. The van der Waals surface area contributed by atoms with Gasteiger partial charge >= 0.3 is 0 Å². The first-order valence-corrected chi connectivity index (χ1v) is 12.0. The van der Waals surface area contributed by atoms with E-state index in [1.165, 1.54) is 0 Å². The molecule has 5 rings (SSSR count). The Hall–Kier alpha value is -3.33. The number of methoxy groups -OCH3 is 1. The number of hydrogen-bond donors (Lipinski definition) is 3. The van der Waals surface area contributed by atoms with Gasteiger partial charge in [0.05, 0.1) is 24.4 Å². The van der Waals surface area contributed by atoms with Crippen LogP contribution < -0.4 is 25.8 Å². The molecule has 1 saturated heterocycles. The number of nitrogens with zero attached hydrogens (tertiary/aromatic N) is 3. The molecule has 8 nitrogen and oxygen atoms in total. The monoisotopic (exact) mass is 510 g/mol. The summed E-state index contributed by atoms with van der Waals surface area (Å²) in [6.07, 6.45) is 2.00. The molecular weight excluding hydrogens is 487 g/mol. The lowest BCUT2D eigenvalue weighted by Gasteiger charge is -2.30. The number of anilines is 3. The van der Waals surface area contributed by atoms with Crippen molar-refractivity contribution in [2.75, 3.05) is 43.5 Å². The van der Waals surface area contributed by atoms with Crippen molar-refractivity contribution in [3.63, 3.8) is 0 Å². The van der Waals surface area contributed by atoms with Gasteiger partial charge in [0.15, 0.2) is 0 Å². The first kappa shape index (κ1) is 23.4. The van der Waals surface area contributed by atoms with Crippen LogP contribution in [0, 0.1) is 0 Å². The summed E-state index contributed by atoms with van der Waals surface area (Å²) in [7, 11) is 1.63. The van der Waals surface area contributed by atoms with Crippen molar-refractivity contribution in [2.45, 2.75) is 6.42 Å². The van der Waals surface area contributed by atoms with Crippen molar-refractivity contribution in [1.82, 2.24) is 20.5 Å². The van der Waals surface area contributed by atoms with Crippen LogP contribution in [0.15, 0.2) is 53.5 Å². The number of hydrogen-bond acceptors (Lipinski definition) is 7. The number of H-pyrrole nitrogens is 1. The van der Waals surface area contributed by atoms with E-state index < -0.39 is 0 Å². The zero-order valence-corrected chi connectivity index (χ0v) is 20.6. The molecule has 0 aliphatic carbocycles. The van der Waals surface area contributed by atoms with E-state index in [1.807, 2.05) is 24.3 Å². The Kier molecular flexibility index (Phi) is 6.77. The van der Waals surface area contributed by atoms with Crippen LogP contribution in [0.2, 0.25) is 10.0 Å². The van der Waals surface area contributed by atoms with Crippen LogP contribution in [0.5, 0.6) is 5.75 Å². The molecule has 1 fully saturated rings. The number of rotatable bonds is 6. The third-order valence-electron chi connectivity index (χ3n) is 6.04. The molecule has 2 aromatic heterocycles. The van der Waals surface area contributed by atoms with Gasteiger partial charge in [0.2, 0.25) is 0 Å². The van der Waals surface area contributed by atoms with E-state index >= 15 is 0 Å². The summed E-state index contributed by atoms with van der Waals surface area (Å²) in [5.41, 5.74) is 2.90. The smallest absolute Gasteiger partial charge is 0.275 e. The number of piperazine rings is 1. The molecule has 180 valence electrons. The quantitative estimate of drug-likeness (QED) is 0.354. The summed E-state index contributed by atoms with van der Waals surface area (Å²) in [6.45, 7) is 3.74. The first-order valence-electron chi connectivity index (χ1n) is 11.2. The summed E-state index contributed by atoms with van der Waals surface area (Å²) in [6, 6.07) is 13.2. The van der Waals surface area contributed by atoms with Crippen LogP contribution in [-0.4, -0.2) is 48.5 Å². The second kappa shape index (κ2) is 10.1. The van der Waals surface area contributed by atoms with Crippen LogP contribution in [0.25, 0.3) is 10.8 Å². The fourth-order valence-corrected chi connectivity index (χ4v) is 4.80. The average molecular weight is 511 g/mol. The highest BCUT2D eigenvalue weighted by atomic mass is 35.5. The van der Waals surface area contributed by atoms with Crippen molar-refractivity contribution < 1.29 is 4.74 Å². The van der Waals surface area contributed by atoms with Crippen LogP contribution in [0.1, 0.15) is 11.3 Å². The molecule has 3 N–H and O–H groups in total. The number of pyridine rings is 1. The predicted molar refractivity (Wildman–Crippen MR) is 141 cm³/mol. The molecule has 3 heterocycles. The van der Waals surface area contributed by atoms with Gasteiger partial charge < -0.3 is 20.3 Å². The number of halogens is 2. The number of ether oxygens (including phenoxy) is 1. The molecule has 0 unspecified atom stereocenters. The van der Waals surface area contributed by atoms with E-state index in [2.05, 4.69) is 25.7 Å². The van der Waals surface area contributed by atoms with E-state index in [4.69, 9.17) is 32.9 Å². The zero-order chi connectivity index (χ0) is 24.4. The van der Waals surface area contributed by atoms with E-state index in [0.717, 1.165) is 37.4 Å².